The lowest BCUT2D eigenvalue weighted by Gasteiger charge is -2.22. The van der Waals surface area contributed by atoms with Gasteiger partial charge in [0.1, 0.15) is 17.7 Å². The molecule has 2 atom stereocenters. The first-order valence-corrected chi connectivity index (χ1v) is 8.24. The quantitative estimate of drug-likeness (QED) is 0.509. The van der Waals surface area contributed by atoms with Crippen molar-refractivity contribution in [2.24, 2.45) is 0 Å². The summed E-state index contributed by atoms with van der Waals surface area (Å²) in [6, 6.07) is 3.48. The second-order valence-corrected chi connectivity index (χ2v) is 6.89. The number of hydrogen-bond acceptors (Lipinski definition) is 6. The highest BCUT2D eigenvalue weighted by atomic mass is 16.6. The molecule has 0 radical (unpaired) electrons. The van der Waals surface area contributed by atoms with Crippen molar-refractivity contribution in [1.82, 2.24) is 10.6 Å². The molecule has 3 amide bonds. The summed E-state index contributed by atoms with van der Waals surface area (Å²) in [5, 5.41) is 18.0. The standard InChI is InChI=1S/C17H24N4O6/c1-10(15(23)20-12-6-8-13(9-7-12)21(25)26)18-14(22)11(2)19-16(24)27-17(3,4)5/h6-11H,1-5H3,(H,18,22)(H,19,24)(H,20,23)/t10-,11+/m1/s1. The monoisotopic (exact) mass is 380 g/mol. The van der Waals surface area contributed by atoms with E-state index in [4.69, 9.17) is 4.74 Å². The van der Waals surface area contributed by atoms with Crippen LogP contribution in [0, 0.1) is 10.1 Å². The predicted octanol–water partition coefficient (Wildman–Crippen LogP) is 1.95. The van der Waals surface area contributed by atoms with Gasteiger partial charge < -0.3 is 20.7 Å². The first kappa shape index (κ1) is 21.9. The molecule has 0 unspecified atom stereocenters. The predicted molar refractivity (Wildman–Crippen MR) is 98.2 cm³/mol. The van der Waals surface area contributed by atoms with Gasteiger partial charge in [-0.25, -0.2) is 4.79 Å². The van der Waals surface area contributed by atoms with Gasteiger partial charge in [0.25, 0.3) is 5.69 Å². The van der Waals surface area contributed by atoms with Gasteiger partial charge in [-0.2, -0.15) is 0 Å². The third-order valence-corrected chi connectivity index (χ3v) is 3.22. The van der Waals surface area contributed by atoms with Crippen LogP contribution in [-0.4, -0.2) is 40.5 Å². The summed E-state index contributed by atoms with van der Waals surface area (Å²) in [5.74, 6) is -1.08. The van der Waals surface area contributed by atoms with E-state index in [1.807, 2.05) is 0 Å². The fourth-order valence-electron chi connectivity index (χ4n) is 1.87. The number of nitro groups is 1. The van der Waals surface area contributed by atoms with Gasteiger partial charge >= 0.3 is 6.09 Å². The molecule has 10 heteroatoms. The molecule has 0 saturated heterocycles. The molecule has 0 aliphatic carbocycles. The lowest BCUT2D eigenvalue weighted by Crippen LogP contribution is -2.51. The number of nitrogens with one attached hydrogen (secondary N) is 3. The van der Waals surface area contributed by atoms with Crippen LogP contribution in [0.2, 0.25) is 0 Å². The van der Waals surface area contributed by atoms with E-state index in [0.717, 1.165) is 0 Å². The third kappa shape index (κ3) is 7.72. The highest BCUT2D eigenvalue weighted by Crippen LogP contribution is 2.15. The molecular formula is C17H24N4O6. The Hall–Kier alpha value is -3.17. The van der Waals surface area contributed by atoms with Crippen molar-refractivity contribution in [3.05, 3.63) is 34.4 Å². The number of non-ortho nitro benzene ring substituents is 1. The molecule has 0 bridgehead atoms. The Morgan fingerprint density at radius 2 is 1.52 bits per heavy atom. The fourth-order valence-corrected chi connectivity index (χ4v) is 1.87. The number of carbonyl (C=O) groups is 3. The Kier molecular flexibility index (Phi) is 7.26. The van der Waals surface area contributed by atoms with Gasteiger partial charge in [0.15, 0.2) is 0 Å². The van der Waals surface area contributed by atoms with Gasteiger partial charge in [0, 0.05) is 17.8 Å². The van der Waals surface area contributed by atoms with Crippen molar-refractivity contribution < 1.29 is 24.0 Å². The molecule has 3 N–H and O–H groups in total. The maximum Gasteiger partial charge on any atom is 0.408 e. The zero-order valence-corrected chi connectivity index (χ0v) is 15.9. The van der Waals surface area contributed by atoms with Crippen LogP contribution in [0.1, 0.15) is 34.6 Å². The molecule has 1 rings (SSSR count). The summed E-state index contributed by atoms with van der Waals surface area (Å²) in [4.78, 5) is 46.0. The maximum atomic E-state index is 12.1. The van der Waals surface area contributed by atoms with Crippen molar-refractivity contribution in [3.63, 3.8) is 0 Å². The first-order valence-electron chi connectivity index (χ1n) is 8.24. The van der Waals surface area contributed by atoms with Crippen LogP contribution in [-0.2, 0) is 14.3 Å². The molecule has 0 saturated carbocycles. The second kappa shape index (κ2) is 8.97. The third-order valence-electron chi connectivity index (χ3n) is 3.22. The molecule has 10 nitrogen and oxygen atoms in total. The highest BCUT2D eigenvalue weighted by molar-refractivity contribution is 5.97. The van der Waals surface area contributed by atoms with Gasteiger partial charge in [-0.05, 0) is 46.8 Å². The average molecular weight is 380 g/mol. The Labute approximate surface area is 156 Å². The number of hydrogen-bond donors (Lipinski definition) is 3. The van der Waals surface area contributed by atoms with Crippen LogP contribution in [0.3, 0.4) is 0 Å². The summed E-state index contributed by atoms with van der Waals surface area (Å²) in [5.41, 5.74) is -0.443. The molecule has 0 fully saturated rings. The summed E-state index contributed by atoms with van der Waals surface area (Å²) in [6.07, 6.45) is -0.742. The first-order chi connectivity index (χ1) is 12.4. The van der Waals surface area contributed by atoms with Crippen molar-refractivity contribution in [2.45, 2.75) is 52.3 Å². The van der Waals surface area contributed by atoms with E-state index in [1.54, 1.807) is 20.8 Å². The van der Waals surface area contributed by atoms with Gasteiger partial charge in [-0.15, -0.1) is 0 Å². The molecule has 1 aromatic rings. The number of rotatable bonds is 6. The summed E-state index contributed by atoms with van der Waals surface area (Å²) >= 11 is 0. The van der Waals surface area contributed by atoms with Crippen molar-refractivity contribution >= 4 is 29.3 Å². The molecular weight excluding hydrogens is 356 g/mol. The number of carbonyl (C=O) groups excluding carboxylic acids is 3. The van der Waals surface area contributed by atoms with Gasteiger partial charge in [0.2, 0.25) is 11.8 Å². The number of benzene rings is 1. The summed E-state index contributed by atoms with van der Waals surface area (Å²) < 4.78 is 5.06. The smallest absolute Gasteiger partial charge is 0.408 e. The Morgan fingerprint density at radius 1 is 1.00 bits per heavy atom. The van der Waals surface area contributed by atoms with Crippen LogP contribution in [0.4, 0.5) is 16.2 Å². The molecule has 1 aromatic carbocycles. The Bertz CT molecular complexity index is 711. The summed E-state index contributed by atoms with van der Waals surface area (Å²) in [7, 11) is 0. The number of alkyl carbamates (subject to hydrolysis) is 1. The number of ether oxygens (including phenoxy) is 1. The Morgan fingerprint density at radius 3 is 2.00 bits per heavy atom. The number of nitro benzene ring substituents is 1. The number of amides is 3. The zero-order chi connectivity index (χ0) is 20.8. The molecule has 0 aliphatic rings. The van der Waals surface area contributed by atoms with Crippen LogP contribution in [0.5, 0.6) is 0 Å². The molecule has 0 spiro atoms. The van der Waals surface area contributed by atoms with E-state index in [-0.39, 0.29) is 5.69 Å². The normalized spacial score (nSPS) is 13.1. The van der Waals surface area contributed by atoms with E-state index in [0.29, 0.717) is 5.69 Å². The topological polar surface area (TPSA) is 140 Å². The summed E-state index contributed by atoms with van der Waals surface area (Å²) in [6.45, 7) is 8.02. The molecule has 0 aromatic heterocycles. The molecule has 0 heterocycles. The fraction of sp³-hybridized carbons (Fsp3) is 0.471. The van der Waals surface area contributed by atoms with E-state index < -0.39 is 40.5 Å². The van der Waals surface area contributed by atoms with Crippen molar-refractivity contribution in [1.29, 1.82) is 0 Å². The van der Waals surface area contributed by atoms with Crippen LogP contribution in [0.15, 0.2) is 24.3 Å². The van der Waals surface area contributed by atoms with E-state index in [2.05, 4.69) is 16.0 Å². The van der Waals surface area contributed by atoms with Crippen molar-refractivity contribution in [3.8, 4) is 0 Å². The van der Waals surface area contributed by atoms with Crippen LogP contribution in [0.25, 0.3) is 0 Å². The number of nitrogens with zero attached hydrogens (tertiary/aromatic N) is 1. The zero-order valence-electron chi connectivity index (χ0n) is 15.9. The van der Waals surface area contributed by atoms with Crippen LogP contribution >= 0.6 is 0 Å². The minimum absolute atomic E-state index is 0.101. The maximum absolute atomic E-state index is 12.1. The van der Waals surface area contributed by atoms with Gasteiger partial charge in [-0.1, -0.05) is 0 Å². The largest absolute Gasteiger partial charge is 0.444 e. The second-order valence-electron chi connectivity index (χ2n) is 6.89. The lowest BCUT2D eigenvalue weighted by atomic mass is 10.2. The minimum atomic E-state index is -0.908. The van der Waals surface area contributed by atoms with Crippen LogP contribution < -0.4 is 16.0 Å². The Balaban J connectivity index is 2.54. The van der Waals surface area contributed by atoms with E-state index in [1.165, 1.54) is 38.1 Å². The highest BCUT2D eigenvalue weighted by Gasteiger charge is 2.23. The van der Waals surface area contributed by atoms with Gasteiger partial charge in [-0.3, -0.25) is 19.7 Å². The van der Waals surface area contributed by atoms with Crippen molar-refractivity contribution in [2.75, 3.05) is 5.32 Å². The minimum Gasteiger partial charge on any atom is -0.444 e. The molecule has 148 valence electrons. The van der Waals surface area contributed by atoms with E-state index >= 15 is 0 Å². The SMILES string of the molecule is C[C@H](NC(=O)OC(C)(C)C)C(=O)N[C@H](C)C(=O)Nc1ccc([N+](=O)[O-])cc1. The molecule has 0 aliphatic heterocycles. The number of anilines is 1. The molecule has 27 heavy (non-hydrogen) atoms. The lowest BCUT2D eigenvalue weighted by molar-refractivity contribution is -0.384. The van der Waals surface area contributed by atoms with Gasteiger partial charge in [0.05, 0.1) is 4.92 Å². The van der Waals surface area contributed by atoms with E-state index in [9.17, 15) is 24.5 Å². The average Bonchev–Trinajstić information content (AvgIpc) is 2.53.